The smallest absolute Gasteiger partial charge is 0.377 e. The Morgan fingerprint density at radius 3 is 2.35 bits per heavy atom. The Labute approximate surface area is 117 Å². The fraction of sp³-hybridized carbons (Fsp3) is 0.667. The molecule has 0 aromatic carbocycles. The van der Waals surface area contributed by atoms with Crippen molar-refractivity contribution in [1.82, 2.24) is 0 Å². The molecule has 2 atom stereocenters. The van der Waals surface area contributed by atoms with Crippen LogP contribution in [0.15, 0.2) is 11.5 Å². The molecule has 1 rings (SSSR count). The van der Waals surface area contributed by atoms with Crippen LogP contribution in [0.2, 0.25) is 0 Å². The minimum atomic E-state index is -1.74. The zero-order chi connectivity index (χ0) is 15.0. The van der Waals surface area contributed by atoms with Crippen molar-refractivity contribution >= 4 is 11.9 Å². The second-order valence-electron chi connectivity index (χ2n) is 3.16. The van der Waals surface area contributed by atoms with Crippen molar-refractivity contribution in [3.8, 4) is 0 Å². The Morgan fingerprint density at radius 2 is 1.95 bits per heavy atom. The second kappa shape index (κ2) is 10.0. The van der Waals surface area contributed by atoms with Crippen LogP contribution in [-0.2, 0) is 23.8 Å². The fourth-order valence-electron chi connectivity index (χ4n) is 1.15. The van der Waals surface area contributed by atoms with Gasteiger partial charge in [-0.2, -0.15) is 0 Å². The number of ether oxygens (including phenoxy) is 3. The van der Waals surface area contributed by atoms with Crippen LogP contribution in [0.3, 0.4) is 0 Å². The third-order valence-electron chi connectivity index (χ3n) is 2.05. The molecule has 8 heteroatoms. The quantitative estimate of drug-likeness (QED) is 0.502. The molecular formula is C12H22O8. The van der Waals surface area contributed by atoms with Crippen molar-refractivity contribution in [3.63, 3.8) is 0 Å². The number of methoxy groups -OCH3 is 1. The molecule has 0 saturated carbocycles. The van der Waals surface area contributed by atoms with E-state index in [0.717, 1.165) is 7.11 Å². The van der Waals surface area contributed by atoms with Crippen LogP contribution >= 0.6 is 0 Å². The van der Waals surface area contributed by atoms with Crippen molar-refractivity contribution in [3.05, 3.63) is 11.5 Å². The van der Waals surface area contributed by atoms with E-state index in [0.29, 0.717) is 0 Å². The summed E-state index contributed by atoms with van der Waals surface area (Å²) < 4.78 is 13.4. The average Bonchev–Trinajstić information content (AvgIpc) is 2.67. The molecule has 118 valence electrons. The van der Waals surface area contributed by atoms with E-state index < -0.39 is 35.9 Å². The SMILES string of the molecule is C.CC.COC(=O)C(O)OCCC1OC(=O)C(O)=C1O. The standard InChI is InChI=1S/C9H12O8.C2H6.CH4/c1-15-8(13)9(14)16-3-2-4-5(10)6(11)7(12)17-4;1-2;/h4,9-11,14H,2-3H2,1H3;1-2H3;1H4. The number of hydrogen-bond acceptors (Lipinski definition) is 8. The number of cyclic esters (lactones) is 1. The third kappa shape index (κ3) is 5.45. The van der Waals surface area contributed by atoms with Gasteiger partial charge in [-0.3, -0.25) is 0 Å². The molecule has 8 nitrogen and oxygen atoms in total. The topological polar surface area (TPSA) is 123 Å². The van der Waals surface area contributed by atoms with Gasteiger partial charge in [0.15, 0.2) is 11.9 Å². The van der Waals surface area contributed by atoms with Crippen molar-refractivity contribution in [2.45, 2.75) is 40.1 Å². The monoisotopic (exact) mass is 294 g/mol. The van der Waals surface area contributed by atoms with Crippen LogP contribution in [-0.4, -0.2) is 53.4 Å². The lowest BCUT2D eigenvalue weighted by molar-refractivity contribution is -0.181. The number of carbonyl (C=O) groups is 2. The molecule has 3 N–H and O–H groups in total. The molecule has 0 radical (unpaired) electrons. The zero-order valence-corrected chi connectivity index (χ0v) is 11.0. The van der Waals surface area contributed by atoms with E-state index in [1.807, 2.05) is 13.8 Å². The first kappa shape index (κ1) is 20.5. The molecule has 0 saturated heterocycles. The van der Waals surface area contributed by atoms with Gasteiger partial charge < -0.3 is 29.5 Å². The molecule has 0 aromatic heterocycles. The average molecular weight is 294 g/mol. The third-order valence-corrected chi connectivity index (χ3v) is 2.05. The summed E-state index contributed by atoms with van der Waals surface area (Å²) in [5.74, 6) is -3.42. The maximum Gasteiger partial charge on any atom is 0.377 e. The van der Waals surface area contributed by atoms with Gasteiger partial charge in [-0.1, -0.05) is 21.3 Å². The van der Waals surface area contributed by atoms with E-state index in [-0.39, 0.29) is 20.5 Å². The predicted octanol–water partition coefficient (Wildman–Crippen LogP) is 0.800. The summed E-state index contributed by atoms with van der Waals surface area (Å²) in [6, 6.07) is 0. The zero-order valence-electron chi connectivity index (χ0n) is 11.0. The van der Waals surface area contributed by atoms with Crippen LogP contribution in [0.4, 0.5) is 0 Å². The molecule has 1 heterocycles. The second-order valence-corrected chi connectivity index (χ2v) is 3.16. The Kier molecular flexibility index (Phi) is 10.3. The minimum absolute atomic E-state index is 0. The van der Waals surface area contributed by atoms with Gasteiger partial charge in [0.25, 0.3) is 6.29 Å². The van der Waals surface area contributed by atoms with Crippen LogP contribution in [0, 0.1) is 0 Å². The Bertz CT molecular complexity index is 349. The maximum atomic E-state index is 10.8. The summed E-state index contributed by atoms with van der Waals surface area (Å²) in [4.78, 5) is 21.5. The van der Waals surface area contributed by atoms with E-state index in [2.05, 4.69) is 14.2 Å². The van der Waals surface area contributed by atoms with Gasteiger partial charge in [0.1, 0.15) is 0 Å². The van der Waals surface area contributed by atoms with Crippen molar-refractivity contribution in [2.75, 3.05) is 13.7 Å². The molecule has 1 aliphatic heterocycles. The number of hydrogen-bond donors (Lipinski definition) is 3. The van der Waals surface area contributed by atoms with E-state index >= 15 is 0 Å². The summed E-state index contributed by atoms with van der Waals surface area (Å²) in [7, 11) is 1.08. The largest absolute Gasteiger partial charge is 0.505 e. The lowest BCUT2D eigenvalue weighted by atomic mass is 10.2. The summed E-state index contributed by atoms with van der Waals surface area (Å²) in [6.07, 6.45) is -2.79. The maximum absolute atomic E-state index is 10.8. The number of carbonyl (C=O) groups excluding carboxylic acids is 2. The Hall–Kier alpha value is -1.80. The molecule has 0 spiro atoms. The highest BCUT2D eigenvalue weighted by Gasteiger charge is 2.34. The van der Waals surface area contributed by atoms with E-state index in [9.17, 15) is 14.7 Å². The molecular weight excluding hydrogens is 272 g/mol. The number of rotatable bonds is 5. The van der Waals surface area contributed by atoms with Crippen molar-refractivity contribution in [1.29, 1.82) is 0 Å². The highest BCUT2D eigenvalue weighted by atomic mass is 16.6. The van der Waals surface area contributed by atoms with Crippen LogP contribution in [0.25, 0.3) is 0 Å². The van der Waals surface area contributed by atoms with Gasteiger partial charge in [-0.15, -0.1) is 0 Å². The summed E-state index contributed by atoms with van der Waals surface area (Å²) >= 11 is 0. The van der Waals surface area contributed by atoms with E-state index in [4.69, 9.17) is 10.2 Å². The normalized spacial score (nSPS) is 18.4. The first-order chi connectivity index (χ1) is 8.97. The predicted molar refractivity (Wildman–Crippen MR) is 68.8 cm³/mol. The summed E-state index contributed by atoms with van der Waals surface area (Å²) in [5, 5.41) is 27.2. The van der Waals surface area contributed by atoms with Gasteiger partial charge in [-0.25, -0.2) is 9.59 Å². The van der Waals surface area contributed by atoms with Gasteiger partial charge in [0.2, 0.25) is 5.76 Å². The molecule has 0 fully saturated rings. The molecule has 0 aromatic rings. The Balaban J connectivity index is 0. The molecule has 20 heavy (non-hydrogen) atoms. The highest BCUT2D eigenvalue weighted by molar-refractivity contribution is 5.88. The van der Waals surface area contributed by atoms with Gasteiger partial charge >= 0.3 is 11.9 Å². The molecule has 1 aliphatic rings. The van der Waals surface area contributed by atoms with Crippen molar-refractivity contribution in [2.24, 2.45) is 0 Å². The first-order valence-corrected chi connectivity index (χ1v) is 5.68. The van der Waals surface area contributed by atoms with Crippen LogP contribution < -0.4 is 0 Å². The molecule has 0 amide bonds. The lowest BCUT2D eigenvalue weighted by Gasteiger charge is -2.12. The highest BCUT2D eigenvalue weighted by Crippen LogP contribution is 2.21. The first-order valence-electron chi connectivity index (χ1n) is 5.68. The minimum Gasteiger partial charge on any atom is -0.505 e. The van der Waals surface area contributed by atoms with Gasteiger partial charge in [0, 0.05) is 6.42 Å². The summed E-state index contributed by atoms with van der Waals surface area (Å²) in [5.41, 5.74) is 0. The number of aliphatic hydroxyl groups excluding tert-OH is 3. The number of esters is 2. The van der Waals surface area contributed by atoms with Crippen LogP contribution in [0.5, 0.6) is 0 Å². The molecule has 0 aliphatic carbocycles. The summed E-state index contributed by atoms with van der Waals surface area (Å²) in [6.45, 7) is 3.82. The number of aliphatic hydroxyl groups is 3. The van der Waals surface area contributed by atoms with E-state index in [1.165, 1.54) is 0 Å². The van der Waals surface area contributed by atoms with Gasteiger partial charge in [0.05, 0.1) is 13.7 Å². The molecule has 2 unspecified atom stereocenters. The fourth-order valence-corrected chi connectivity index (χ4v) is 1.15. The van der Waals surface area contributed by atoms with Crippen molar-refractivity contribution < 1.29 is 39.1 Å². The Morgan fingerprint density at radius 1 is 1.40 bits per heavy atom. The lowest BCUT2D eigenvalue weighted by Crippen LogP contribution is -2.26. The van der Waals surface area contributed by atoms with Gasteiger partial charge in [-0.05, 0) is 0 Å². The van der Waals surface area contributed by atoms with E-state index in [1.54, 1.807) is 0 Å². The molecule has 0 bridgehead atoms. The van der Waals surface area contributed by atoms with Crippen LogP contribution in [0.1, 0.15) is 27.7 Å².